The van der Waals surface area contributed by atoms with Gasteiger partial charge < -0.3 is 45.9 Å². The van der Waals surface area contributed by atoms with E-state index in [1.165, 1.54) is 57.1 Å². The van der Waals surface area contributed by atoms with Crippen molar-refractivity contribution in [1.29, 1.82) is 0 Å². The molecule has 0 aromatic carbocycles. The van der Waals surface area contributed by atoms with Crippen molar-refractivity contribution in [2.45, 2.75) is 158 Å². The minimum atomic E-state index is -0.257. The largest absolute Gasteiger partial charge is 0.389 e. The van der Waals surface area contributed by atoms with Crippen molar-refractivity contribution >= 4 is 138 Å². The Hall–Kier alpha value is -4.96. The fourth-order valence-electron chi connectivity index (χ4n) is 5.18. The number of pyridine rings is 1. The molecular weight excluding hydrogens is 1180 g/mol. The Bertz CT molecular complexity index is 2600. The van der Waals surface area contributed by atoms with E-state index in [0.29, 0.717) is 88.9 Å². The molecule has 0 saturated carbocycles. The number of anilines is 8. The molecule has 27 heteroatoms. The summed E-state index contributed by atoms with van der Waals surface area (Å²) < 4.78 is 22.7. The summed E-state index contributed by atoms with van der Waals surface area (Å²) in [6, 6.07) is 9.51. The van der Waals surface area contributed by atoms with E-state index in [9.17, 15) is 4.39 Å². The first-order valence-corrected chi connectivity index (χ1v) is 30.4. The van der Waals surface area contributed by atoms with Gasteiger partial charge in [0.25, 0.3) is 0 Å². The zero-order chi connectivity index (χ0) is 58.9. The second-order valence-corrected chi connectivity index (χ2v) is 26.4. The summed E-state index contributed by atoms with van der Waals surface area (Å²) in [5.74, 6) is 5.00. The molecular formula is C50H79BrClFN18S6. The molecule has 8 heterocycles. The standard InChI is InChI=1S/C8H12N2.C7H11N3.C6H9BrN2S.C6H9ClN2S.C6H9FN2S.2C6H10N2S.C5H9N3S/c1-6(2)7-4-3-5-8(9)10-7;1-5(2)6-3-4-9-7(8)10-6;3*1-3(2)4-5(7)10-6(8)9-4;1-4(2)5-3-9-6(7)8-5;1-4(2)5-3-6(7)9-8-5;1-3(2)4-7-5(6)9-8-4/h3-6H,1-2H3,(H2,9,10);3-5H,1-2H3,(H2,8,9,10);3*3H,1-2H3,(H2,8,9);3-4H,1-2H3,(H2,7,8);3-4H,7H2,1-2H3;3H,1-2H3,(H2,6,7,8). The number of nitrogens with zero attached hydrogens (tertiary/aromatic N) is 10. The Balaban J connectivity index is 0.000000440. The van der Waals surface area contributed by atoms with Gasteiger partial charge in [-0.3, -0.25) is 0 Å². The summed E-state index contributed by atoms with van der Waals surface area (Å²) in [6.45, 7) is 32.9. The lowest BCUT2D eigenvalue weighted by molar-refractivity contribution is 0.617. The Labute approximate surface area is 492 Å². The molecule has 0 spiro atoms. The van der Waals surface area contributed by atoms with E-state index in [2.05, 4.69) is 134 Å². The highest BCUT2D eigenvalue weighted by atomic mass is 79.9. The summed E-state index contributed by atoms with van der Waals surface area (Å²) in [5.41, 5.74) is 50.0. The van der Waals surface area contributed by atoms with Crippen molar-refractivity contribution < 1.29 is 4.39 Å². The first kappa shape index (κ1) is 70.1. The van der Waals surface area contributed by atoms with Gasteiger partial charge in [0.15, 0.2) is 25.7 Å². The first-order chi connectivity index (χ1) is 35.8. The predicted octanol–water partition coefficient (Wildman–Crippen LogP) is 15.0. The van der Waals surface area contributed by atoms with E-state index in [-0.39, 0.29) is 11.0 Å². The van der Waals surface area contributed by atoms with Gasteiger partial charge in [-0.2, -0.15) is 13.1 Å². The van der Waals surface area contributed by atoms with Gasteiger partial charge in [-0.1, -0.05) is 162 Å². The lowest BCUT2D eigenvalue weighted by Crippen LogP contribution is -1.98. The summed E-state index contributed by atoms with van der Waals surface area (Å²) in [6.07, 6.45) is 1.68. The highest BCUT2D eigenvalue weighted by molar-refractivity contribution is 9.11. The van der Waals surface area contributed by atoms with E-state index >= 15 is 0 Å². The number of hydrogen-bond donors (Lipinski definition) is 8. The SMILES string of the molecule is CC(C)c1cc(N)sn1.CC(C)c1cccc(N)n1.CC(C)c1ccnc(N)n1.CC(C)c1csc(N)n1.CC(C)c1nc(N)sc1Br.CC(C)c1nc(N)sc1Cl.CC(C)c1nc(N)sc1F.CC(C)c1nsc(N)n1. The van der Waals surface area contributed by atoms with Crippen LogP contribution in [0.4, 0.5) is 46.8 Å². The molecule has 0 radical (unpaired) electrons. The fraction of sp³-hybridized carbons (Fsp3) is 0.480. The van der Waals surface area contributed by atoms with Crippen molar-refractivity contribution in [1.82, 2.24) is 48.6 Å². The van der Waals surface area contributed by atoms with Gasteiger partial charge >= 0.3 is 0 Å². The van der Waals surface area contributed by atoms with Crippen molar-refractivity contribution in [2.24, 2.45) is 0 Å². The smallest absolute Gasteiger partial charge is 0.220 e. The number of rotatable bonds is 8. The highest BCUT2D eigenvalue weighted by Crippen LogP contribution is 2.32. The molecule has 0 saturated heterocycles. The Kier molecular flexibility index (Phi) is 32.3. The van der Waals surface area contributed by atoms with Crippen molar-refractivity contribution in [2.75, 3.05) is 45.9 Å². The van der Waals surface area contributed by atoms with Crippen LogP contribution in [0.2, 0.25) is 4.34 Å². The van der Waals surface area contributed by atoms with Crippen LogP contribution < -0.4 is 45.9 Å². The monoisotopic (exact) mass is 1260 g/mol. The van der Waals surface area contributed by atoms with Crippen molar-refractivity contribution in [3.8, 4) is 0 Å². The van der Waals surface area contributed by atoms with Gasteiger partial charge in [-0.05, 0) is 93.2 Å². The van der Waals surface area contributed by atoms with Crippen molar-refractivity contribution in [3.63, 3.8) is 0 Å². The minimum absolute atomic E-state index is 0.119. The van der Waals surface area contributed by atoms with Gasteiger partial charge in [0, 0.05) is 40.4 Å². The molecule has 0 amide bonds. The van der Waals surface area contributed by atoms with Crippen LogP contribution in [0, 0.1) is 5.13 Å². The van der Waals surface area contributed by atoms with Crippen LogP contribution >= 0.6 is 95.9 Å². The third-order valence-electron chi connectivity index (χ3n) is 9.43. The molecule has 16 N–H and O–H groups in total. The molecule has 426 valence electrons. The molecule has 0 fully saturated rings. The van der Waals surface area contributed by atoms with Crippen LogP contribution in [0.1, 0.15) is 204 Å². The highest BCUT2D eigenvalue weighted by Gasteiger charge is 2.13. The topological polar surface area (TPSA) is 337 Å². The molecule has 0 aliphatic rings. The van der Waals surface area contributed by atoms with Gasteiger partial charge in [0.05, 0.1) is 32.3 Å². The zero-order valence-corrected chi connectivity index (χ0v) is 54.1. The van der Waals surface area contributed by atoms with Crippen LogP contribution in [0.25, 0.3) is 0 Å². The molecule has 8 aromatic rings. The Morgan fingerprint density at radius 3 is 1.26 bits per heavy atom. The molecule has 0 aliphatic heterocycles. The molecule has 0 atom stereocenters. The second-order valence-electron chi connectivity index (χ2n) is 19.0. The molecule has 0 unspecified atom stereocenters. The van der Waals surface area contributed by atoms with Crippen molar-refractivity contribution in [3.05, 3.63) is 101 Å². The third kappa shape index (κ3) is 28.0. The molecule has 0 bridgehead atoms. The number of aromatic nitrogens is 10. The maximum absolute atomic E-state index is 12.7. The van der Waals surface area contributed by atoms with Gasteiger partial charge in [0.2, 0.25) is 11.1 Å². The number of thiazole rings is 4. The van der Waals surface area contributed by atoms with E-state index in [1.807, 2.05) is 71.2 Å². The van der Waals surface area contributed by atoms with Gasteiger partial charge in [-0.25, -0.2) is 39.9 Å². The fourth-order valence-corrected chi connectivity index (χ4v) is 10.8. The summed E-state index contributed by atoms with van der Waals surface area (Å²) >= 11 is 17.0. The molecule has 0 aliphatic carbocycles. The number of nitrogen functional groups attached to an aromatic ring is 8. The van der Waals surface area contributed by atoms with E-state index < -0.39 is 0 Å². The zero-order valence-electron chi connectivity index (χ0n) is 46.8. The van der Waals surface area contributed by atoms with E-state index in [0.717, 1.165) is 60.1 Å². The minimum Gasteiger partial charge on any atom is -0.389 e. The normalized spacial score (nSPS) is 10.6. The molecule has 8 rings (SSSR count). The lowest BCUT2D eigenvalue weighted by Gasteiger charge is -2.02. The van der Waals surface area contributed by atoms with Crippen LogP contribution in [0.3, 0.4) is 0 Å². The lowest BCUT2D eigenvalue weighted by atomic mass is 10.1. The van der Waals surface area contributed by atoms with Gasteiger partial charge in [0.1, 0.15) is 21.0 Å². The van der Waals surface area contributed by atoms with Crippen LogP contribution in [-0.2, 0) is 0 Å². The van der Waals surface area contributed by atoms with E-state index in [4.69, 9.17) is 57.5 Å². The molecule has 18 nitrogen and oxygen atoms in total. The molecule has 77 heavy (non-hydrogen) atoms. The Morgan fingerprint density at radius 2 is 1.00 bits per heavy atom. The van der Waals surface area contributed by atoms with Crippen LogP contribution in [0.15, 0.2) is 45.7 Å². The summed E-state index contributed by atoms with van der Waals surface area (Å²) in [7, 11) is 0. The third-order valence-corrected chi connectivity index (χ3v) is 14.7. The predicted molar refractivity (Wildman–Crippen MR) is 337 cm³/mol. The molecule has 8 aromatic heterocycles. The number of hydrogen-bond acceptors (Lipinski definition) is 24. The number of nitrogens with two attached hydrogens (primary N) is 8. The first-order valence-electron chi connectivity index (χ1n) is 24.4. The van der Waals surface area contributed by atoms with Crippen LogP contribution in [0.5, 0.6) is 0 Å². The van der Waals surface area contributed by atoms with Crippen LogP contribution in [-0.4, -0.2) is 48.6 Å². The maximum Gasteiger partial charge on any atom is 0.220 e. The maximum atomic E-state index is 12.7. The average molecular weight is 1260 g/mol. The summed E-state index contributed by atoms with van der Waals surface area (Å²) in [5, 5.41) is 5.26. The average Bonchev–Trinajstić information content (AvgIpc) is 4.22. The number of halogens is 3. The quantitative estimate of drug-likeness (QED) is 0.0700. The summed E-state index contributed by atoms with van der Waals surface area (Å²) in [4.78, 5) is 32.1. The van der Waals surface area contributed by atoms with E-state index in [1.54, 1.807) is 12.3 Å². The second kappa shape index (κ2) is 35.5. The van der Waals surface area contributed by atoms with Gasteiger partial charge in [-0.15, -0.1) is 11.3 Å². The Morgan fingerprint density at radius 1 is 0.481 bits per heavy atom.